The van der Waals surface area contributed by atoms with Gasteiger partial charge in [0.05, 0.1) is 6.10 Å². The highest BCUT2D eigenvalue weighted by molar-refractivity contribution is 6.24. The van der Waals surface area contributed by atoms with E-state index >= 15 is 0 Å². The van der Waals surface area contributed by atoms with Crippen LogP contribution in [0.25, 0.3) is 64.6 Å². The highest BCUT2D eigenvalue weighted by atomic mass is 16.3. The van der Waals surface area contributed by atoms with Crippen LogP contribution < -0.4 is 0 Å². The third-order valence-corrected chi connectivity index (χ3v) is 8.23. The molecule has 1 heteroatoms. The van der Waals surface area contributed by atoms with Crippen LogP contribution in [0.15, 0.2) is 109 Å². The molecule has 0 aromatic heterocycles. The van der Waals surface area contributed by atoms with Gasteiger partial charge in [0, 0.05) is 0 Å². The average Bonchev–Trinajstić information content (AvgIpc) is 2.93. The predicted octanol–water partition coefficient (Wildman–Crippen LogP) is 9.15. The van der Waals surface area contributed by atoms with Gasteiger partial charge in [-0.1, -0.05) is 109 Å². The number of aryl methyl sites for hydroxylation is 1. The van der Waals surface area contributed by atoms with Gasteiger partial charge in [0.25, 0.3) is 0 Å². The number of rotatable bonds is 4. The van der Waals surface area contributed by atoms with Crippen molar-refractivity contribution < 1.29 is 5.11 Å². The van der Waals surface area contributed by atoms with Gasteiger partial charge in [0.15, 0.2) is 0 Å². The first-order valence-electron chi connectivity index (χ1n) is 12.8. The molecule has 1 nitrogen and oxygen atoms in total. The fourth-order valence-electron chi connectivity index (χ4n) is 6.51. The van der Waals surface area contributed by atoms with Gasteiger partial charge in [-0.05, 0) is 88.6 Å². The Bertz CT molecular complexity index is 2030. The number of hydrogen-bond acceptors (Lipinski definition) is 1. The Kier molecular flexibility index (Phi) is 4.12. The van der Waals surface area contributed by atoms with Crippen LogP contribution in [0.5, 0.6) is 0 Å². The molecular weight excluding hydrogens is 436 g/mol. The van der Waals surface area contributed by atoms with E-state index in [9.17, 15) is 5.11 Å². The molecule has 8 aromatic carbocycles. The van der Waals surface area contributed by atoms with Crippen molar-refractivity contribution in [3.63, 3.8) is 0 Å². The van der Waals surface area contributed by atoms with E-state index in [0.717, 1.165) is 12.0 Å². The molecule has 1 atom stereocenters. The second-order valence-electron chi connectivity index (χ2n) is 10.1. The molecule has 8 rings (SSSR count). The molecule has 0 spiro atoms. The maximum Gasteiger partial charge on any atom is 0.0799 e. The molecule has 170 valence electrons. The van der Waals surface area contributed by atoms with Crippen molar-refractivity contribution in [2.45, 2.75) is 18.9 Å². The van der Waals surface area contributed by atoms with E-state index in [1.54, 1.807) is 0 Å². The summed E-state index contributed by atoms with van der Waals surface area (Å²) >= 11 is 0. The topological polar surface area (TPSA) is 20.2 Å². The number of hydrogen-bond donors (Lipinski definition) is 1. The lowest BCUT2D eigenvalue weighted by atomic mass is 9.88. The molecule has 0 radical (unpaired) electrons. The SMILES string of the molecule is O[C@@H](CCc1ccc2ccc3cccc4ccc1c2c34)c1ccc2ccc3cccc4ccc1c2c34. The molecular formula is C35H24O. The van der Waals surface area contributed by atoms with Crippen LogP contribution in [0.1, 0.15) is 23.7 Å². The molecule has 0 saturated carbocycles. The fourth-order valence-corrected chi connectivity index (χ4v) is 6.51. The molecule has 0 amide bonds. The lowest BCUT2D eigenvalue weighted by molar-refractivity contribution is 0.169. The van der Waals surface area contributed by atoms with Crippen molar-refractivity contribution >= 4 is 64.6 Å². The Morgan fingerprint density at radius 1 is 0.444 bits per heavy atom. The van der Waals surface area contributed by atoms with Gasteiger partial charge in [-0.25, -0.2) is 0 Å². The summed E-state index contributed by atoms with van der Waals surface area (Å²) in [7, 11) is 0. The minimum absolute atomic E-state index is 0.520. The van der Waals surface area contributed by atoms with Gasteiger partial charge < -0.3 is 5.11 Å². The molecule has 0 aliphatic heterocycles. The van der Waals surface area contributed by atoms with E-state index in [4.69, 9.17) is 0 Å². The smallest absolute Gasteiger partial charge is 0.0799 e. The first-order chi connectivity index (χ1) is 17.8. The van der Waals surface area contributed by atoms with Crippen molar-refractivity contribution in [3.05, 3.63) is 120 Å². The molecule has 0 aliphatic carbocycles. The van der Waals surface area contributed by atoms with Crippen LogP contribution in [0, 0.1) is 0 Å². The molecule has 0 bridgehead atoms. The summed E-state index contributed by atoms with van der Waals surface area (Å²) in [5, 5.41) is 26.8. The maximum atomic E-state index is 11.5. The largest absolute Gasteiger partial charge is 0.388 e. The minimum atomic E-state index is -0.520. The van der Waals surface area contributed by atoms with Gasteiger partial charge in [-0.15, -0.1) is 0 Å². The normalized spacial score (nSPS) is 13.2. The molecule has 0 fully saturated rings. The summed E-state index contributed by atoms with van der Waals surface area (Å²) in [6.07, 6.45) is 0.999. The second kappa shape index (κ2) is 7.40. The zero-order valence-electron chi connectivity index (χ0n) is 19.8. The Balaban J connectivity index is 1.21. The number of aliphatic hydroxyl groups is 1. The van der Waals surface area contributed by atoms with Crippen molar-refractivity contribution in [2.24, 2.45) is 0 Å². The van der Waals surface area contributed by atoms with Crippen LogP contribution in [-0.2, 0) is 6.42 Å². The monoisotopic (exact) mass is 460 g/mol. The molecule has 0 saturated heterocycles. The van der Waals surface area contributed by atoms with Crippen LogP contribution >= 0.6 is 0 Å². The summed E-state index contributed by atoms with van der Waals surface area (Å²) in [6.45, 7) is 0. The Labute approximate surface area is 208 Å². The zero-order valence-corrected chi connectivity index (χ0v) is 19.8. The number of benzene rings is 8. The van der Waals surface area contributed by atoms with Gasteiger partial charge >= 0.3 is 0 Å². The van der Waals surface area contributed by atoms with E-state index in [-0.39, 0.29) is 0 Å². The Hall–Kier alpha value is -4.20. The van der Waals surface area contributed by atoms with E-state index in [1.807, 2.05) is 0 Å². The Morgan fingerprint density at radius 3 is 1.50 bits per heavy atom. The molecule has 0 heterocycles. The average molecular weight is 461 g/mol. The quantitative estimate of drug-likeness (QED) is 0.260. The Morgan fingerprint density at radius 2 is 0.889 bits per heavy atom. The minimum Gasteiger partial charge on any atom is -0.388 e. The van der Waals surface area contributed by atoms with Crippen LogP contribution in [0.2, 0.25) is 0 Å². The lowest BCUT2D eigenvalue weighted by Gasteiger charge is -2.18. The second-order valence-corrected chi connectivity index (χ2v) is 10.1. The molecule has 1 N–H and O–H groups in total. The van der Waals surface area contributed by atoms with Gasteiger partial charge in [-0.2, -0.15) is 0 Å². The highest BCUT2D eigenvalue weighted by Crippen LogP contribution is 2.39. The van der Waals surface area contributed by atoms with Gasteiger partial charge in [-0.3, -0.25) is 0 Å². The van der Waals surface area contributed by atoms with E-state index in [2.05, 4.69) is 109 Å². The summed E-state index contributed by atoms with van der Waals surface area (Å²) in [5.74, 6) is 0. The van der Waals surface area contributed by atoms with E-state index in [1.165, 1.54) is 70.2 Å². The van der Waals surface area contributed by atoms with Gasteiger partial charge in [0.2, 0.25) is 0 Å². The molecule has 36 heavy (non-hydrogen) atoms. The molecule has 0 unspecified atom stereocenters. The lowest BCUT2D eigenvalue weighted by Crippen LogP contribution is -2.02. The predicted molar refractivity (Wildman–Crippen MR) is 154 cm³/mol. The van der Waals surface area contributed by atoms with Crippen molar-refractivity contribution in [3.8, 4) is 0 Å². The third-order valence-electron chi connectivity index (χ3n) is 8.23. The fraction of sp³-hybridized carbons (Fsp3) is 0.0857. The van der Waals surface area contributed by atoms with Crippen LogP contribution in [0.3, 0.4) is 0 Å². The summed E-state index contributed by atoms with van der Waals surface area (Å²) < 4.78 is 0. The summed E-state index contributed by atoms with van der Waals surface area (Å²) in [4.78, 5) is 0. The molecule has 0 aliphatic rings. The third kappa shape index (κ3) is 2.75. The number of aliphatic hydroxyl groups excluding tert-OH is 1. The first kappa shape index (κ1) is 20.0. The van der Waals surface area contributed by atoms with Crippen molar-refractivity contribution in [1.82, 2.24) is 0 Å². The van der Waals surface area contributed by atoms with Crippen molar-refractivity contribution in [1.29, 1.82) is 0 Å². The summed E-state index contributed by atoms with van der Waals surface area (Å²) in [5.41, 5.74) is 2.33. The van der Waals surface area contributed by atoms with Crippen LogP contribution in [-0.4, -0.2) is 5.11 Å². The maximum absolute atomic E-state index is 11.5. The van der Waals surface area contributed by atoms with E-state index < -0.39 is 6.10 Å². The molecule has 8 aromatic rings. The zero-order chi connectivity index (χ0) is 23.8. The van der Waals surface area contributed by atoms with Crippen LogP contribution in [0.4, 0.5) is 0 Å². The van der Waals surface area contributed by atoms with Crippen molar-refractivity contribution in [2.75, 3.05) is 0 Å². The first-order valence-corrected chi connectivity index (χ1v) is 12.8. The van der Waals surface area contributed by atoms with Gasteiger partial charge in [0.1, 0.15) is 0 Å². The van der Waals surface area contributed by atoms with E-state index in [0.29, 0.717) is 6.42 Å². The highest BCUT2D eigenvalue weighted by Gasteiger charge is 2.17. The summed E-state index contributed by atoms with van der Waals surface area (Å²) in [6, 6.07) is 39.5. The standard InChI is InChI=1S/C35H24O/c36-31(29-18-14-27-12-10-23-4-2-6-25-15-19-30(29)35(27)33(23)25)20-16-21-7-8-26-11-9-22-3-1-5-24-13-17-28(21)34(26)32(22)24/h1-15,17-19,31,36H,16,20H2/t31-/m0/s1.